The van der Waals surface area contributed by atoms with Crippen molar-refractivity contribution >= 4 is 39.1 Å². The quantitative estimate of drug-likeness (QED) is 0.866. The molecule has 1 amide bonds. The third kappa shape index (κ3) is 2.83. The van der Waals surface area contributed by atoms with Gasteiger partial charge in [-0.05, 0) is 28.1 Å². The van der Waals surface area contributed by atoms with Gasteiger partial charge in [0.1, 0.15) is 0 Å². The summed E-state index contributed by atoms with van der Waals surface area (Å²) in [4.78, 5) is 15.7. The van der Waals surface area contributed by atoms with Gasteiger partial charge in [-0.2, -0.15) is 5.10 Å². The molecule has 0 bridgehead atoms. The van der Waals surface area contributed by atoms with Crippen molar-refractivity contribution in [2.24, 2.45) is 7.05 Å². The highest BCUT2D eigenvalue weighted by Gasteiger charge is 2.11. The number of hydrogen-bond donors (Lipinski definition) is 1. The van der Waals surface area contributed by atoms with Crippen molar-refractivity contribution in [1.82, 2.24) is 14.8 Å². The van der Waals surface area contributed by atoms with Crippen molar-refractivity contribution in [2.45, 2.75) is 0 Å². The lowest BCUT2D eigenvalue weighted by atomic mass is 10.3. The molecular weight excluding hydrogens is 307 g/mol. The number of carbonyl (C=O) groups is 1. The molecule has 1 N–H and O–H groups in total. The molecule has 0 aliphatic carbocycles. The van der Waals surface area contributed by atoms with Crippen molar-refractivity contribution < 1.29 is 4.79 Å². The Morgan fingerprint density at radius 2 is 2.35 bits per heavy atom. The molecule has 2 aromatic rings. The average Bonchev–Trinajstić information content (AvgIpc) is 2.70. The maximum Gasteiger partial charge on any atom is 0.276 e. The second kappa shape index (κ2) is 4.85. The molecule has 2 aromatic heterocycles. The minimum Gasteiger partial charge on any atom is -0.318 e. The van der Waals surface area contributed by atoms with Crippen LogP contribution in [-0.2, 0) is 7.05 Å². The van der Waals surface area contributed by atoms with Crippen LogP contribution in [0, 0.1) is 0 Å². The summed E-state index contributed by atoms with van der Waals surface area (Å²) in [7, 11) is 1.74. The van der Waals surface area contributed by atoms with E-state index in [2.05, 4.69) is 31.3 Å². The van der Waals surface area contributed by atoms with Crippen molar-refractivity contribution in [3.63, 3.8) is 0 Å². The van der Waals surface area contributed by atoms with Gasteiger partial charge >= 0.3 is 0 Å². The Morgan fingerprint density at radius 1 is 1.59 bits per heavy atom. The van der Waals surface area contributed by atoms with E-state index in [0.29, 0.717) is 11.4 Å². The predicted molar refractivity (Wildman–Crippen MR) is 68.1 cm³/mol. The van der Waals surface area contributed by atoms with Gasteiger partial charge in [0, 0.05) is 23.9 Å². The molecule has 0 saturated carbocycles. The van der Waals surface area contributed by atoms with E-state index in [1.165, 1.54) is 0 Å². The highest BCUT2D eigenvalue weighted by atomic mass is 79.9. The van der Waals surface area contributed by atoms with Crippen LogP contribution in [-0.4, -0.2) is 20.7 Å². The lowest BCUT2D eigenvalue weighted by molar-refractivity contribution is 0.102. The van der Waals surface area contributed by atoms with Gasteiger partial charge < -0.3 is 5.32 Å². The van der Waals surface area contributed by atoms with E-state index in [-0.39, 0.29) is 11.1 Å². The van der Waals surface area contributed by atoms with Gasteiger partial charge in [0.25, 0.3) is 5.91 Å². The van der Waals surface area contributed by atoms with Gasteiger partial charge in [0.2, 0.25) is 0 Å². The molecule has 88 valence electrons. The number of aryl methyl sites for hydroxylation is 1. The van der Waals surface area contributed by atoms with Gasteiger partial charge in [-0.1, -0.05) is 11.6 Å². The Kier molecular flexibility index (Phi) is 3.44. The van der Waals surface area contributed by atoms with E-state index in [1.807, 2.05) is 0 Å². The molecule has 0 radical (unpaired) electrons. The van der Waals surface area contributed by atoms with Crippen LogP contribution < -0.4 is 5.32 Å². The molecule has 0 atom stereocenters. The van der Waals surface area contributed by atoms with Crippen molar-refractivity contribution in [3.8, 4) is 0 Å². The summed E-state index contributed by atoms with van der Waals surface area (Å²) in [5, 5.41) is 6.86. The van der Waals surface area contributed by atoms with Gasteiger partial charge in [-0.15, -0.1) is 0 Å². The predicted octanol–water partition coefficient (Wildman–Crippen LogP) is 2.48. The number of rotatable bonds is 2. The van der Waals surface area contributed by atoms with Gasteiger partial charge in [0.15, 0.2) is 10.8 Å². The maximum absolute atomic E-state index is 11.8. The Hall–Kier alpha value is -1.40. The molecule has 17 heavy (non-hydrogen) atoms. The largest absolute Gasteiger partial charge is 0.318 e. The first kappa shape index (κ1) is 12.1. The number of anilines is 1. The maximum atomic E-state index is 11.8. The number of pyridine rings is 1. The third-order valence-electron chi connectivity index (χ3n) is 2.00. The highest BCUT2D eigenvalue weighted by Crippen LogP contribution is 2.23. The Morgan fingerprint density at radius 3 is 3.00 bits per heavy atom. The molecule has 0 spiro atoms. The monoisotopic (exact) mass is 314 g/mol. The minimum atomic E-state index is -0.326. The molecule has 5 nitrogen and oxygen atoms in total. The van der Waals surface area contributed by atoms with Crippen LogP contribution in [0.25, 0.3) is 0 Å². The fourth-order valence-electron chi connectivity index (χ4n) is 1.23. The van der Waals surface area contributed by atoms with Gasteiger partial charge in [0.05, 0.1) is 5.69 Å². The number of carbonyl (C=O) groups excluding carboxylic acids is 1. The molecule has 2 rings (SSSR count). The zero-order valence-electron chi connectivity index (χ0n) is 8.82. The number of nitrogens with one attached hydrogen (secondary N) is 1. The molecule has 0 unspecified atom stereocenters. The number of aromatic nitrogens is 3. The molecule has 0 aliphatic rings. The van der Waals surface area contributed by atoms with E-state index in [4.69, 9.17) is 11.6 Å². The fourth-order valence-corrected chi connectivity index (χ4v) is 1.71. The standard InChI is InChI=1S/C10H8BrClN4O/c1-16-3-2-7(15-16)10(17)14-8-4-6(11)5-13-9(8)12/h2-5H,1H3,(H,14,17). The van der Waals surface area contributed by atoms with E-state index in [9.17, 15) is 4.79 Å². The minimum absolute atomic E-state index is 0.234. The molecule has 0 fully saturated rings. The van der Waals surface area contributed by atoms with Crippen molar-refractivity contribution in [1.29, 1.82) is 0 Å². The van der Waals surface area contributed by atoms with Gasteiger partial charge in [-0.3, -0.25) is 9.48 Å². The average molecular weight is 316 g/mol. The number of hydrogen-bond acceptors (Lipinski definition) is 3. The Balaban J connectivity index is 2.21. The topological polar surface area (TPSA) is 59.8 Å². The highest BCUT2D eigenvalue weighted by molar-refractivity contribution is 9.10. The van der Waals surface area contributed by atoms with Crippen LogP contribution in [0.1, 0.15) is 10.5 Å². The van der Waals surface area contributed by atoms with Crippen LogP contribution in [0.15, 0.2) is 29.0 Å². The number of halogens is 2. The second-order valence-corrected chi connectivity index (χ2v) is 4.59. The first-order valence-electron chi connectivity index (χ1n) is 4.68. The van der Waals surface area contributed by atoms with Crippen LogP contribution in [0.4, 0.5) is 5.69 Å². The molecule has 0 saturated heterocycles. The smallest absolute Gasteiger partial charge is 0.276 e. The van der Waals surface area contributed by atoms with E-state index in [1.54, 1.807) is 36.3 Å². The molecular formula is C10H8BrClN4O. The van der Waals surface area contributed by atoms with Crippen LogP contribution in [0.2, 0.25) is 5.15 Å². The molecule has 7 heteroatoms. The van der Waals surface area contributed by atoms with Crippen LogP contribution >= 0.6 is 27.5 Å². The number of nitrogens with zero attached hydrogens (tertiary/aromatic N) is 3. The zero-order valence-corrected chi connectivity index (χ0v) is 11.2. The normalized spacial score (nSPS) is 10.3. The lowest BCUT2D eigenvalue weighted by Crippen LogP contribution is -2.13. The summed E-state index contributed by atoms with van der Waals surface area (Å²) >= 11 is 9.12. The Bertz CT molecular complexity index is 569. The van der Waals surface area contributed by atoms with E-state index >= 15 is 0 Å². The molecule has 0 aromatic carbocycles. The molecule has 2 heterocycles. The Labute approximate surface area is 111 Å². The summed E-state index contributed by atoms with van der Waals surface area (Å²) in [6.45, 7) is 0. The van der Waals surface area contributed by atoms with Gasteiger partial charge in [-0.25, -0.2) is 4.98 Å². The summed E-state index contributed by atoms with van der Waals surface area (Å²) < 4.78 is 2.29. The molecule has 0 aliphatic heterocycles. The first-order chi connectivity index (χ1) is 8.06. The summed E-state index contributed by atoms with van der Waals surface area (Å²) in [6.07, 6.45) is 3.24. The number of amides is 1. The van der Waals surface area contributed by atoms with Crippen LogP contribution in [0.3, 0.4) is 0 Å². The second-order valence-electron chi connectivity index (χ2n) is 3.32. The summed E-state index contributed by atoms with van der Waals surface area (Å²) in [5.41, 5.74) is 0.764. The zero-order chi connectivity index (χ0) is 12.4. The lowest BCUT2D eigenvalue weighted by Gasteiger charge is -2.05. The summed E-state index contributed by atoms with van der Waals surface area (Å²) in [6, 6.07) is 3.30. The van der Waals surface area contributed by atoms with Crippen LogP contribution in [0.5, 0.6) is 0 Å². The van der Waals surface area contributed by atoms with Crippen molar-refractivity contribution in [2.75, 3.05) is 5.32 Å². The third-order valence-corrected chi connectivity index (χ3v) is 2.74. The summed E-state index contributed by atoms with van der Waals surface area (Å²) in [5.74, 6) is -0.326. The SMILES string of the molecule is Cn1ccc(C(=O)Nc2cc(Br)cnc2Cl)n1. The first-order valence-corrected chi connectivity index (χ1v) is 5.85. The fraction of sp³-hybridized carbons (Fsp3) is 0.100. The van der Waals surface area contributed by atoms with Crippen molar-refractivity contribution in [3.05, 3.63) is 39.8 Å². The van der Waals surface area contributed by atoms with E-state index in [0.717, 1.165) is 4.47 Å². The van der Waals surface area contributed by atoms with E-state index < -0.39 is 0 Å².